The molecule has 0 aliphatic rings. The van der Waals surface area contributed by atoms with Crippen molar-refractivity contribution in [2.45, 2.75) is 158 Å². The third-order valence-electron chi connectivity index (χ3n) is 14.4. The van der Waals surface area contributed by atoms with E-state index >= 15 is 0 Å². The van der Waals surface area contributed by atoms with Crippen molar-refractivity contribution in [2.24, 2.45) is 0 Å². The highest BCUT2D eigenvalue weighted by molar-refractivity contribution is 5.87. The molecule has 74 heavy (non-hydrogen) atoms. The van der Waals surface area contributed by atoms with Crippen LogP contribution in [0, 0.1) is 0 Å². The van der Waals surface area contributed by atoms with Crippen molar-refractivity contribution in [1.29, 1.82) is 0 Å². The Morgan fingerprint density at radius 1 is 0.230 bits per heavy atom. The van der Waals surface area contributed by atoms with Crippen molar-refractivity contribution >= 4 is 71.4 Å². The van der Waals surface area contributed by atoms with Crippen LogP contribution in [0.3, 0.4) is 0 Å². The van der Waals surface area contributed by atoms with E-state index in [4.69, 9.17) is 0 Å². The second-order valence-corrected chi connectivity index (χ2v) is 20.6. The molecule has 0 atom stereocenters. The molecule has 0 saturated heterocycles. The van der Waals surface area contributed by atoms with Crippen LogP contribution >= 0.6 is 0 Å². The molecule has 0 unspecified atom stereocenters. The number of hydrogen-bond donors (Lipinski definition) is 0. The number of hydrogen-bond acceptors (Lipinski definition) is 4. The molecule has 0 aliphatic heterocycles. The summed E-state index contributed by atoms with van der Waals surface area (Å²) in [6.07, 6.45) is 37.9. The van der Waals surface area contributed by atoms with Gasteiger partial charge in [0.25, 0.3) is 0 Å². The minimum Gasteiger partial charge on any atom is -0.372 e. The molecule has 0 radical (unpaired) electrons. The summed E-state index contributed by atoms with van der Waals surface area (Å²) >= 11 is 0. The molecule has 0 amide bonds. The molecule has 5 rings (SSSR count). The predicted molar refractivity (Wildman–Crippen MR) is 336 cm³/mol. The van der Waals surface area contributed by atoms with E-state index in [1.165, 1.54) is 170 Å². The summed E-state index contributed by atoms with van der Waals surface area (Å²) < 4.78 is 0. The minimum atomic E-state index is 1.11. The van der Waals surface area contributed by atoms with E-state index in [9.17, 15) is 0 Å². The maximum absolute atomic E-state index is 2.57. The molecule has 0 N–H and O–H groups in total. The Morgan fingerprint density at radius 3 is 0.541 bits per heavy atom. The van der Waals surface area contributed by atoms with Crippen molar-refractivity contribution in [3.8, 4) is 0 Å². The van der Waals surface area contributed by atoms with Gasteiger partial charge in [-0.3, -0.25) is 0 Å². The van der Waals surface area contributed by atoms with E-state index < -0.39 is 0 Å². The van der Waals surface area contributed by atoms with Crippen molar-refractivity contribution in [1.82, 2.24) is 0 Å². The molecule has 0 aromatic heterocycles. The summed E-state index contributed by atoms with van der Waals surface area (Å²) in [6, 6.07) is 41.7. The van der Waals surface area contributed by atoms with Crippen molar-refractivity contribution < 1.29 is 0 Å². The van der Waals surface area contributed by atoms with E-state index in [2.05, 4.69) is 233 Å². The lowest BCUT2D eigenvalue weighted by Gasteiger charge is -2.24. The highest BCUT2D eigenvalue weighted by atomic mass is 15.1. The molecule has 4 heteroatoms. The molecule has 398 valence electrons. The Balaban J connectivity index is 1.59. The normalized spacial score (nSPS) is 11.8. The van der Waals surface area contributed by atoms with Crippen LogP contribution in [0.1, 0.15) is 203 Å². The Morgan fingerprint density at radius 2 is 0.392 bits per heavy atom. The molecule has 0 spiro atoms. The van der Waals surface area contributed by atoms with Gasteiger partial charge in [0.15, 0.2) is 0 Å². The first-order chi connectivity index (χ1) is 36.4. The van der Waals surface area contributed by atoms with Crippen LogP contribution in [0.2, 0.25) is 0 Å². The lowest BCUT2D eigenvalue weighted by Crippen LogP contribution is -2.25. The molecule has 0 heterocycles. The molecule has 0 saturated carbocycles. The topological polar surface area (TPSA) is 13.0 Å². The van der Waals surface area contributed by atoms with Gasteiger partial charge >= 0.3 is 0 Å². The van der Waals surface area contributed by atoms with Gasteiger partial charge in [-0.15, -0.1) is 0 Å². The van der Waals surface area contributed by atoms with Crippen LogP contribution < -0.4 is 19.6 Å². The van der Waals surface area contributed by atoms with Crippen LogP contribution in [0.5, 0.6) is 0 Å². The van der Waals surface area contributed by atoms with Gasteiger partial charge in [0, 0.05) is 75.1 Å². The molecule has 0 bridgehead atoms. The average molecular weight is 996 g/mol. The van der Waals surface area contributed by atoms with Crippen molar-refractivity contribution in [3.05, 3.63) is 154 Å². The standard InChI is InChI=1S/C70H98N4/c1-9-17-49-71(50-18-10-2)67-41-29-59(30-42-67)25-37-63-57-65(39-27-61-33-45-69(46-34-61)73(53-21-13-5)54-22-14-6)66(40-28-62-35-47-70(48-36-62)74(55-23-15-7)56-24-16-8)58-64(63)38-26-60-31-43-68(44-32-60)72(51-19-11-3)52-20-12-4/h25-48,57-58H,9-24,49-56H2,1-8H3/b37-25+,38-26+,39-27+,40-28+. The minimum absolute atomic E-state index is 1.11. The van der Waals surface area contributed by atoms with Gasteiger partial charge in [-0.1, -0.05) is 204 Å². The summed E-state index contributed by atoms with van der Waals surface area (Å²) in [7, 11) is 0. The van der Waals surface area contributed by atoms with E-state index in [1.54, 1.807) is 0 Å². The zero-order valence-corrected chi connectivity index (χ0v) is 47.8. The molecule has 5 aromatic rings. The first-order valence-electron chi connectivity index (χ1n) is 29.7. The van der Waals surface area contributed by atoms with Crippen LogP contribution in [-0.2, 0) is 0 Å². The van der Waals surface area contributed by atoms with Gasteiger partial charge in [-0.2, -0.15) is 0 Å². The maximum atomic E-state index is 2.57. The smallest absolute Gasteiger partial charge is 0.0366 e. The predicted octanol–water partition coefficient (Wildman–Crippen LogP) is 20.0. The van der Waals surface area contributed by atoms with Gasteiger partial charge < -0.3 is 19.6 Å². The SMILES string of the molecule is CCCCN(CCCC)c1ccc(/C=C/c2cc(/C=C/c3ccc(N(CCCC)CCCC)cc3)c(/C=C/c3ccc(N(CCCC)CCCC)cc3)cc2/C=C/c2ccc(N(CCCC)CCCC)cc2)cc1. The van der Waals surface area contributed by atoms with Gasteiger partial charge in [0.05, 0.1) is 0 Å². The summed E-state index contributed by atoms with van der Waals surface area (Å²) in [6.45, 7) is 27.2. The van der Waals surface area contributed by atoms with E-state index in [-0.39, 0.29) is 0 Å². The van der Waals surface area contributed by atoms with Gasteiger partial charge in [0.2, 0.25) is 0 Å². The monoisotopic (exact) mass is 995 g/mol. The molecular weight excluding hydrogens is 897 g/mol. The average Bonchev–Trinajstić information content (AvgIpc) is 3.44. The third kappa shape index (κ3) is 20.2. The molecular formula is C70H98N4. The largest absolute Gasteiger partial charge is 0.372 e. The first-order valence-corrected chi connectivity index (χ1v) is 29.7. The molecule has 0 fully saturated rings. The fourth-order valence-corrected chi connectivity index (χ4v) is 9.45. The van der Waals surface area contributed by atoms with Crippen LogP contribution in [0.25, 0.3) is 48.6 Å². The Hall–Kier alpha value is -5.74. The number of nitrogens with zero attached hydrogens (tertiary/aromatic N) is 4. The van der Waals surface area contributed by atoms with Crippen LogP contribution in [-0.4, -0.2) is 52.4 Å². The van der Waals surface area contributed by atoms with E-state index in [1.807, 2.05) is 0 Å². The maximum Gasteiger partial charge on any atom is 0.0366 e. The Bertz CT molecular complexity index is 2020. The highest BCUT2D eigenvalue weighted by Gasteiger charge is 2.11. The summed E-state index contributed by atoms with van der Waals surface area (Å²) in [5.41, 5.74) is 14.9. The number of anilines is 4. The zero-order valence-electron chi connectivity index (χ0n) is 47.8. The second kappa shape index (κ2) is 34.7. The van der Waals surface area contributed by atoms with Gasteiger partial charge in [0.1, 0.15) is 0 Å². The number of rotatable bonds is 36. The first kappa shape index (κ1) is 59.1. The number of benzene rings is 5. The van der Waals surface area contributed by atoms with E-state index in [0.717, 1.165) is 52.4 Å². The molecule has 0 aliphatic carbocycles. The summed E-state index contributed by atoms with van der Waals surface area (Å²) in [5.74, 6) is 0. The lowest BCUT2D eigenvalue weighted by molar-refractivity contribution is 0.678. The zero-order chi connectivity index (χ0) is 52.6. The van der Waals surface area contributed by atoms with Crippen molar-refractivity contribution in [2.75, 3.05) is 72.0 Å². The summed E-state index contributed by atoms with van der Waals surface area (Å²) in [5, 5.41) is 0. The van der Waals surface area contributed by atoms with Crippen LogP contribution in [0.4, 0.5) is 22.7 Å². The summed E-state index contributed by atoms with van der Waals surface area (Å²) in [4.78, 5) is 10.3. The Kier molecular flexibility index (Phi) is 27.7. The quantitative estimate of drug-likeness (QED) is 0.0371. The van der Waals surface area contributed by atoms with E-state index in [0.29, 0.717) is 0 Å². The lowest BCUT2D eigenvalue weighted by atomic mass is 9.95. The highest BCUT2D eigenvalue weighted by Crippen LogP contribution is 2.29. The second-order valence-electron chi connectivity index (χ2n) is 20.6. The third-order valence-corrected chi connectivity index (χ3v) is 14.4. The molecule has 5 aromatic carbocycles. The Labute approximate surface area is 453 Å². The molecule has 4 nitrogen and oxygen atoms in total. The number of unbranched alkanes of at least 4 members (excludes halogenated alkanes) is 8. The van der Waals surface area contributed by atoms with Crippen molar-refractivity contribution in [3.63, 3.8) is 0 Å². The fourth-order valence-electron chi connectivity index (χ4n) is 9.45. The van der Waals surface area contributed by atoms with Gasteiger partial charge in [-0.25, -0.2) is 0 Å². The van der Waals surface area contributed by atoms with Gasteiger partial charge in [-0.05, 0) is 157 Å². The fraction of sp³-hybridized carbons (Fsp3) is 0.457. The van der Waals surface area contributed by atoms with Crippen LogP contribution in [0.15, 0.2) is 109 Å².